The third-order valence-electron chi connectivity index (χ3n) is 9.72. The zero-order valence-corrected chi connectivity index (χ0v) is 27.5. The molecule has 240 valence electrons. The summed E-state index contributed by atoms with van der Waals surface area (Å²) < 4.78 is 34.0. The standard InChI is InChI=1S/C40H44O6/c1-26-18-32(19-27(2)38(26)46-25-37-24-45-37)39(3,4)28-6-8-29(9-7-28)40(5,30-10-14-33(15-11-30)41-20-35-22-43-35)31-12-16-34(17-13-31)42-21-36-23-44-36/h6-19,35-37H,20-25H2,1-5H3. The van der Waals surface area contributed by atoms with Crippen molar-refractivity contribution in [2.24, 2.45) is 0 Å². The number of ether oxygens (including phenoxy) is 6. The fourth-order valence-corrected chi connectivity index (χ4v) is 6.24. The molecule has 0 amide bonds. The Hall–Kier alpha value is -3.84. The molecule has 6 heteroatoms. The molecule has 3 saturated heterocycles. The fraction of sp³-hybridized carbons (Fsp3) is 0.400. The van der Waals surface area contributed by atoms with Crippen LogP contribution in [-0.2, 0) is 25.0 Å². The van der Waals surface area contributed by atoms with E-state index in [1.165, 1.54) is 27.8 Å². The van der Waals surface area contributed by atoms with Crippen molar-refractivity contribution in [1.82, 2.24) is 0 Å². The Labute approximate surface area is 272 Å². The van der Waals surface area contributed by atoms with E-state index >= 15 is 0 Å². The van der Waals surface area contributed by atoms with Crippen molar-refractivity contribution in [3.05, 3.63) is 124 Å². The Bertz CT molecular complexity index is 1560. The van der Waals surface area contributed by atoms with Gasteiger partial charge in [-0.3, -0.25) is 0 Å². The largest absolute Gasteiger partial charge is 0.491 e. The lowest BCUT2D eigenvalue weighted by Crippen LogP contribution is -2.26. The molecule has 3 heterocycles. The quantitative estimate of drug-likeness (QED) is 0.109. The second-order valence-electron chi connectivity index (χ2n) is 13.6. The SMILES string of the molecule is Cc1cc(C(C)(C)c2ccc(C(C)(c3ccc(OCC4CO4)cc3)c3ccc(OCC4CO4)cc3)cc2)cc(C)c1OCC1CO1. The van der Waals surface area contributed by atoms with Gasteiger partial charge in [-0.2, -0.15) is 0 Å². The van der Waals surface area contributed by atoms with Gasteiger partial charge in [-0.05, 0) is 84.0 Å². The van der Waals surface area contributed by atoms with Crippen LogP contribution in [0.2, 0.25) is 0 Å². The molecule has 4 aromatic carbocycles. The average molecular weight is 621 g/mol. The van der Waals surface area contributed by atoms with E-state index < -0.39 is 5.41 Å². The topological polar surface area (TPSA) is 65.3 Å². The Morgan fingerprint density at radius 3 is 1.26 bits per heavy atom. The summed E-state index contributed by atoms with van der Waals surface area (Å²) in [6, 6.07) is 30.7. The lowest BCUT2D eigenvalue weighted by Gasteiger charge is -2.33. The number of hydrogen-bond acceptors (Lipinski definition) is 6. The van der Waals surface area contributed by atoms with Crippen LogP contribution in [0.25, 0.3) is 0 Å². The highest BCUT2D eigenvalue weighted by atomic mass is 16.6. The van der Waals surface area contributed by atoms with Gasteiger partial charge in [0.05, 0.1) is 19.8 Å². The first-order valence-electron chi connectivity index (χ1n) is 16.4. The molecule has 46 heavy (non-hydrogen) atoms. The van der Waals surface area contributed by atoms with Gasteiger partial charge >= 0.3 is 0 Å². The molecule has 0 bridgehead atoms. The molecular weight excluding hydrogens is 576 g/mol. The monoisotopic (exact) mass is 620 g/mol. The van der Waals surface area contributed by atoms with Crippen molar-refractivity contribution >= 4 is 0 Å². The summed E-state index contributed by atoms with van der Waals surface area (Å²) in [6.45, 7) is 15.3. The zero-order valence-electron chi connectivity index (χ0n) is 27.5. The lowest BCUT2D eigenvalue weighted by atomic mass is 9.70. The zero-order chi connectivity index (χ0) is 31.9. The summed E-state index contributed by atoms with van der Waals surface area (Å²) in [5.41, 5.74) is 7.82. The van der Waals surface area contributed by atoms with Gasteiger partial charge in [0.15, 0.2) is 0 Å². The van der Waals surface area contributed by atoms with Crippen LogP contribution in [0.5, 0.6) is 17.2 Å². The van der Waals surface area contributed by atoms with Crippen molar-refractivity contribution in [3.63, 3.8) is 0 Å². The second-order valence-corrected chi connectivity index (χ2v) is 13.6. The maximum Gasteiger partial charge on any atom is 0.125 e. The van der Waals surface area contributed by atoms with Crippen molar-refractivity contribution in [2.75, 3.05) is 39.6 Å². The molecule has 0 saturated carbocycles. The molecule has 0 aliphatic carbocycles. The van der Waals surface area contributed by atoms with Crippen molar-refractivity contribution in [1.29, 1.82) is 0 Å². The molecule has 6 nitrogen and oxygen atoms in total. The minimum absolute atomic E-state index is 0.197. The fourth-order valence-electron chi connectivity index (χ4n) is 6.24. The summed E-state index contributed by atoms with van der Waals surface area (Å²) in [6.07, 6.45) is 0.685. The van der Waals surface area contributed by atoms with Crippen LogP contribution >= 0.6 is 0 Å². The summed E-state index contributed by atoms with van der Waals surface area (Å²) in [7, 11) is 0. The number of aryl methyl sites for hydroxylation is 2. The molecular formula is C40H44O6. The first kappa shape index (κ1) is 30.8. The Balaban J connectivity index is 1.17. The lowest BCUT2D eigenvalue weighted by molar-refractivity contribution is 0.260. The molecule has 3 aliphatic rings. The van der Waals surface area contributed by atoms with Gasteiger partial charge in [0.2, 0.25) is 0 Å². The highest BCUT2D eigenvalue weighted by Gasteiger charge is 2.33. The summed E-state index contributed by atoms with van der Waals surface area (Å²) in [5, 5.41) is 0. The van der Waals surface area contributed by atoms with E-state index in [1.807, 2.05) is 0 Å². The minimum atomic E-state index is -0.406. The van der Waals surface area contributed by atoms with Crippen LogP contribution in [0, 0.1) is 13.8 Å². The average Bonchev–Trinajstić information content (AvgIpc) is 3.91. The molecule has 4 aromatic rings. The molecule has 7 rings (SSSR count). The van der Waals surface area contributed by atoms with E-state index in [9.17, 15) is 0 Å². The highest BCUT2D eigenvalue weighted by Crippen LogP contribution is 2.42. The van der Waals surface area contributed by atoms with Crippen molar-refractivity contribution in [2.45, 2.75) is 63.8 Å². The molecule has 3 aliphatic heterocycles. The molecule has 0 N–H and O–H groups in total. The minimum Gasteiger partial charge on any atom is -0.491 e. The van der Waals surface area contributed by atoms with Crippen LogP contribution in [-0.4, -0.2) is 58.0 Å². The summed E-state index contributed by atoms with van der Waals surface area (Å²) in [4.78, 5) is 0. The number of benzene rings is 4. The predicted octanol–water partition coefficient (Wildman–Crippen LogP) is 7.32. The van der Waals surface area contributed by atoms with Crippen LogP contribution < -0.4 is 14.2 Å². The molecule has 0 aromatic heterocycles. The van der Waals surface area contributed by atoms with Gasteiger partial charge in [0, 0.05) is 10.8 Å². The second kappa shape index (κ2) is 12.4. The third-order valence-corrected chi connectivity index (χ3v) is 9.72. The number of epoxide rings is 3. The van der Waals surface area contributed by atoms with Crippen LogP contribution in [0.15, 0.2) is 84.9 Å². The Kier molecular flexibility index (Phi) is 8.30. The number of hydrogen-bond donors (Lipinski definition) is 0. The van der Waals surface area contributed by atoms with Gasteiger partial charge in [-0.15, -0.1) is 0 Å². The van der Waals surface area contributed by atoms with E-state index in [1.54, 1.807) is 0 Å². The molecule has 0 radical (unpaired) electrons. The van der Waals surface area contributed by atoms with Crippen LogP contribution in [0.4, 0.5) is 0 Å². The molecule has 3 unspecified atom stereocenters. The van der Waals surface area contributed by atoms with Crippen LogP contribution in [0.3, 0.4) is 0 Å². The van der Waals surface area contributed by atoms with Gasteiger partial charge in [0.1, 0.15) is 55.4 Å². The molecule has 0 spiro atoms. The van der Waals surface area contributed by atoms with Crippen LogP contribution in [0.1, 0.15) is 59.7 Å². The molecule has 3 fully saturated rings. The first-order valence-corrected chi connectivity index (χ1v) is 16.4. The van der Waals surface area contributed by atoms with Gasteiger partial charge < -0.3 is 28.4 Å². The molecule has 3 atom stereocenters. The smallest absolute Gasteiger partial charge is 0.125 e. The Morgan fingerprint density at radius 1 is 0.522 bits per heavy atom. The van der Waals surface area contributed by atoms with E-state index in [4.69, 9.17) is 28.4 Å². The van der Waals surface area contributed by atoms with Crippen molar-refractivity contribution in [3.8, 4) is 17.2 Å². The first-order chi connectivity index (χ1) is 22.2. The maximum atomic E-state index is 6.12. The normalized spacial score (nSPS) is 21.3. The maximum absolute atomic E-state index is 6.12. The van der Waals surface area contributed by atoms with Gasteiger partial charge in [0.25, 0.3) is 0 Å². The van der Waals surface area contributed by atoms with E-state index in [0.717, 1.165) is 48.2 Å². The van der Waals surface area contributed by atoms with E-state index in [0.29, 0.717) is 19.8 Å². The predicted molar refractivity (Wildman–Crippen MR) is 179 cm³/mol. The van der Waals surface area contributed by atoms with Crippen molar-refractivity contribution < 1.29 is 28.4 Å². The summed E-state index contributed by atoms with van der Waals surface area (Å²) >= 11 is 0. The highest BCUT2D eigenvalue weighted by molar-refractivity contribution is 5.54. The van der Waals surface area contributed by atoms with E-state index in [-0.39, 0.29) is 23.7 Å². The van der Waals surface area contributed by atoms with E-state index in [2.05, 4.69) is 120 Å². The van der Waals surface area contributed by atoms with Gasteiger partial charge in [-0.25, -0.2) is 0 Å². The Morgan fingerprint density at radius 2 is 0.870 bits per heavy atom. The van der Waals surface area contributed by atoms with Gasteiger partial charge in [-0.1, -0.05) is 74.5 Å². The number of rotatable bonds is 14. The third kappa shape index (κ3) is 6.66. The summed E-state index contributed by atoms with van der Waals surface area (Å²) in [5.74, 6) is 2.68.